The van der Waals surface area contributed by atoms with Gasteiger partial charge in [-0.25, -0.2) is 0 Å². The Balaban J connectivity index is 1.62. The van der Waals surface area contributed by atoms with Gasteiger partial charge in [-0.3, -0.25) is 9.78 Å². The van der Waals surface area contributed by atoms with Crippen molar-refractivity contribution in [3.63, 3.8) is 0 Å². The van der Waals surface area contributed by atoms with Crippen LogP contribution in [-0.2, 0) is 11.4 Å². The number of nitrogens with one attached hydrogen (secondary N) is 2. The molecule has 9 heteroatoms. The van der Waals surface area contributed by atoms with Crippen LogP contribution in [0.2, 0.25) is 5.02 Å². The highest BCUT2D eigenvalue weighted by molar-refractivity contribution is 6.32. The fourth-order valence-electron chi connectivity index (χ4n) is 4.16. The zero-order valence-electron chi connectivity index (χ0n) is 22.8. The van der Waals surface area contributed by atoms with Crippen molar-refractivity contribution in [1.82, 2.24) is 9.88 Å². The van der Waals surface area contributed by atoms with Crippen molar-refractivity contribution in [1.29, 1.82) is 5.26 Å². The average Bonchev–Trinajstić information content (AvgIpc) is 2.94. The Kier molecular flexibility index (Phi) is 9.79. The number of rotatable bonds is 12. The molecular weight excluding hydrogens is 526 g/mol. The monoisotopic (exact) mass is 557 g/mol. The summed E-state index contributed by atoms with van der Waals surface area (Å²) in [5, 5.41) is 17.2. The molecular formula is C31H32ClN5O3. The largest absolute Gasteiger partial charge is 0.492 e. The van der Waals surface area contributed by atoms with Crippen molar-refractivity contribution < 1.29 is 14.3 Å². The van der Waals surface area contributed by atoms with Crippen molar-refractivity contribution in [2.75, 3.05) is 37.9 Å². The number of nitriles is 1. The molecule has 3 aromatic carbocycles. The molecule has 4 aromatic rings. The molecule has 0 aliphatic heterocycles. The molecule has 40 heavy (non-hydrogen) atoms. The number of hydrogen-bond donors (Lipinski definition) is 2. The molecule has 0 radical (unpaired) electrons. The standard InChI is InChI=1S/C31H32ClN5O3/c1-4-39-29-17-26-24(16-27(29)36-30(38)11-8-14-37(2)3)31(22(18-33)19-34-26)35-23-12-13-28(25(32)15-23)40-20-21-9-6-5-7-10-21/h5-7,9-10,12-13,15-17,19H,4,8,11,14,20H2,1-3H3,(H,34,35)(H,36,38). The number of pyridine rings is 1. The Hall–Kier alpha value is -4.32. The summed E-state index contributed by atoms with van der Waals surface area (Å²) in [5.41, 5.74) is 3.74. The highest BCUT2D eigenvalue weighted by Gasteiger charge is 2.16. The van der Waals surface area contributed by atoms with Gasteiger partial charge in [-0.05, 0) is 63.8 Å². The average molecular weight is 558 g/mol. The van der Waals surface area contributed by atoms with E-state index in [1.54, 1.807) is 24.3 Å². The van der Waals surface area contributed by atoms with Crippen molar-refractivity contribution in [2.24, 2.45) is 0 Å². The third-order valence-electron chi connectivity index (χ3n) is 6.11. The van der Waals surface area contributed by atoms with Gasteiger partial charge in [-0.15, -0.1) is 0 Å². The number of halogens is 1. The van der Waals surface area contributed by atoms with Crippen LogP contribution >= 0.6 is 11.6 Å². The van der Waals surface area contributed by atoms with Crippen LogP contribution in [0.25, 0.3) is 10.9 Å². The van der Waals surface area contributed by atoms with E-state index in [2.05, 4.69) is 21.7 Å². The second-order valence-electron chi connectivity index (χ2n) is 9.46. The number of aromatic nitrogens is 1. The third kappa shape index (κ3) is 7.41. The van der Waals surface area contributed by atoms with E-state index >= 15 is 0 Å². The highest BCUT2D eigenvalue weighted by Crippen LogP contribution is 2.37. The Morgan fingerprint density at radius 2 is 1.88 bits per heavy atom. The zero-order chi connectivity index (χ0) is 28.5. The molecule has 1 amide bonds. The van der Waals surface area contributed by atoms with Gasteiger partial charge in [-0.2, -0.15) is 5.26 Å². The lowest BCUT2D eigenvalue weighted by Gasteiger charge is -2.17. The molecule has 0 unspecified atom stereocenters. The summed E-state index contributed by atoms with van der Waals surface area (Å²) in [6.07, 6.45) is 2.62. The van der Waals surface area contributed by atoms with E-state index in [0.29, 0.717) is 69.7 Å². The van der Waals surface area contributed by atoms with Crippen LogP contribution in [0.1, 0.15) is 30.9 Å². The normalized spacial score (nSPS) is 10.8. The Morgan fingerprint density at radius 1 is 1.07 bits per heavy atom. The lowest BCUT2D eigenvalue weighted by Crippen LogP contribution is -2.17. The van der Waals surface area contributed by atoms with Crippen molar-refractivity contribution in [3.8, 4) is 17.6 Å². The summed E-state index contributed by atoms with van der Waals surface area (Å²) >= 11 is 6.54. The highest BCUT2D eigenvalue weighted by atomic mass is 35.5. The first-order chi connectivity index (χ1) is 19.4. The summed E-state index contributed by atoms with van der Waals surface area (Å²) in [7, 11) is 3.95. The van der Waals surface area contributed by atoms with Gasteiger partial charge in [0, 0.05) is 29.8 Å². The first-order valence-corrected chi connectivity index (χ1v) is 13.4. The first-order valence-electron chi connectivity index (χ1n) is 13.1. The summed E-state index contributed by atoms with van der Waals surface area (Å²) in [6.45, 7) is 3.51. The van der Waals surface area contributed by atoms with Crippen LogP contribution in [0.3, 0.4) is 0 Å². The number of nitrogens with zero attached hydrogens (tertiary/aromatic N) is 3. The lowest BCUT2D eigenvalue weighted by molar-refractivity contribution is -0.116. The molecule has 0 saturated carbocycles. The van der Waals surface area contributed by atoms with Gasteiger partial charge in [0.2, 0.25) is 5.91 Å². The number of hydrogen-bond acceptors (Lipinski definition) is 7. The van der Waals surface area contributed by atoms with Gasteiger partial charge in [0.15, 0.2) is 0 Å². The lowest BCUT2D eigenvalue weighted by atomic mass is 10.1. The number of anilines is 3. The molecule has 0 atom stereocenters. The van der Waals surface area contributed by atoms with Crippen LogP contribution in [0.15, 0.2) is 66.9 Å². The SMILES string of the molecule is CCOc1cc2ncc(C#N)c(Nc3ccc(OCc4ccccc4)c(Cl)c3)c2cc1NC(=O)CCCN(C)C. The minimum Gasteiger partial charge on any atom is -0.492 e. The summed E-state index contributed by atoms with van der Waals surface area (Å²) in [4.78, 5) is 19.2. The van der Waals surface area contributed by atoms with Gasteiger partial charge >= 0.3 is 0 Å². The maximum atomic E-state index is 12.7. The maximum Gasteiger partial charge on any atom is 0.224 e. The molecule has 0 aliphatic carbocycles. The number of carbonyl (C=O) groups is 1. The molecule has 0 bridgehead atoms. The molecule has 0 spiro atoms. The number of amides is 1. The van der Waals surface area contributed by atoms with E-state index in [-0.39, 0.29) is 5.91 Å². The van der Waals surface area contributed by atoms with Gasteiger partial charge in [0.1, 0.15) is 24.2 Å². The fraction of sp³-hybridized carbons (Fsp3) is 0.258. The molecule has 2 N–H and O–H groups in total. The van der Waals surface area contributed by atoms with Gasteiger partial charge < -0.3 is 25.0 Å². The molecule has 0 saturated heterocycles. The Labute approximate surface area is 239 Å². The number of carbonyl (C=O) groups excluding carboxylic acids is 1. The van der Waals surface area contributed by atoms with E-state index in [9.17, 15) is 10.1 Å². The molecule has 1 aromatic heterocycles. The summed E-state index contributed by atoms with van der Waals surface area (Å²) in [5.74, 6) is 0.956. The molecule has 0 aliphatic rings. The van der Waals surface area contributed by atoms with Crippen LogP contribution in [0, 0.1) is 11.3 Å². The van der Waals surface area contributed by atoms with Gasteiger partial charge in [0.25, 0.3) is 0 Å². The van der Waals surface area contributed by atoms with Gasteiger partial charge in [0.05, 0.1) is 34.1 Å². The molecule has 206 valence electrons. The number of ether oxygens (including phenoxy) is 2. The van der Waals surface area contributed by atoms with Crippen molar-refractivity contribution in [2.45, 2.75) is 26.4 Å². The van der Waals surface area contributed by atoms with E-state index in [1.807, 2.05) is 62.3 Å². The second kappa shape index (κ2) is 13.7. The van der Waals surface area contributed by atoms with E-state index in [0.717, 1.165) is 18.5 Å². The molecule has 1 heterocycles. The van der Waals surface area contributed by atoms with Crippen LogP contribution < -0.4 is 20.1 Å². The second-order valence-corrected chi connectivity index (χ2v) is 9.86. The summed E-state index contributed by atoms with van der Waals surface area (Å²) in [6, 6.07) is 21.0. The molecule has 0 fully saturated rings. The molecule has 8 nitrogen and oxygen atoms in total. The summed E-state index contributed by atoms with van der Waals surface area (Å²) < 4.78 is 11.7. The fourth-order valence-corrected chi connectivity index (χ4v) is 4.39. The molecule has 4 rings (SSSR count). The number of fused-ring (bicyclic) bond motifs is 1. The van der Waals surface area contributed by atoms with Crippen LogP contribution in [-0.4, -0.2) is 43.0 Å². The minimum absolute atomic E-state index is 0.112. The maximum absolute atomic E-state index is 12.7. The van der Waals surface area contributed by atoms with Crippen LogP contribution in [0.4, 0.5) is 17.1 Å². The van der Waals surface area contributed by atoms with Crippen LogP contribution in [0.5, 0.6) is 11.5 Å². The Bertz CT molecular complexity index is 1520. The van der Waals surface area contributed by atoms with Crippen molar-refractivity contribution >= 4 is 45.5 Å². The van der Waals surface area contributed by atoms with Gasteiger partial charge in [-0.1, -0.05) is 41.9 Å². The predicted octanol–water partition coefficient (Wildman–Crippen LogP) is 6.76. The predicted molar refractivity (Wildman–Crippen MR) is 160 cm³/mol. The zero-order valence-corrected chi connectivity index (χ0v) is 23.6. The topological polar surface area (TPSA) is 99.5 Å². The quantitative estimate of drug-likeness (QED) is 0.198. The third-order valence-corrected chi connectivity index (χ3v) is 6.41. The Morgan fingerprint density at radius 3 is 2.58 bits per heavy atom. The van der Waals surface area contributed by atoms with E-state index in [1.165, 1.54) is 6.20 Å². The number of benzene rings is 3. The van der Waals surface area contributed by atoms with E-state index < -0.39 is 0 Å². The first kappa shape index (κ1) is 28.7. The minimum atomic E-state index is -0.112. The smallest absolute Gasteiger partial charge is 0.224 e. The van der Waals surface area contributed by atoms with Crippen molar-refractivity contribution in [3.05, 3.63) is 83.0 Å². The van der Waals surface area contributed by atoms with E-state index in [4.69, 9.17) is 21.1 Å².